The first-order chi connectivity index (χ1) is 11.9. The number of aryl methyl sites for hydroxylation is 2. The molecule has 2 aromatic rings. The third kappa shape index (κ3) is 3.32. The Morgan fingerprint density at radius 1 is 1.04 bits per heavy atom. The summed E-state index contributed by atoms with van der Waals surface area (Å²) >= 11 is 5.94. The van der Waals surface area contributed by atoms with Gasteiger partial charge in [-0.25, -0.2) is 9.69 Å². The van der Waals surface area contributed by atoms with E-state index in [0.717, 1.165) is 16.0 Å². The van der Waals surface area contributed by atoms with Crippen LogP contribution in [0.2, 0.25) is 5.02 Å². The Labute approximate surface area is 149 Å². The molecule has 1 saturated heterocycles. The number of carbonyl (C=O) groups is 3. The molecule has 2 aromatic carbocycles. The van der Waals surface area contributed by atoms with Crippen molar-refractivity contribution in [2.75, 3.05) is 4.90 Å². The minimum absolute atomic E-state index is 0.122. The van der Waals surface area contributed by atoms with Crippen LogP contribution < -0.4 is 10.2 Å². The summed E-state index contributed by atoms with van der Waals surface area (Å²) in [6.07, 6.45) is 1.42. The average Bonchev–Trinajstić information content (AvgIpc) is 2.54. The zero-order valence-corrected chi connectivity index (χ0v) is 14.4. The summed E-state index contributed by atoms with van der Waals surface area (Å²) in [5, 5.41) is 2.70. The first-order valence-corrected chi connectivity index (χ1v) is 7.99. The fourth-order valence-corrected chi connectivity index (χ4v) is 2.80. The molecule has 6 heteroatoms. The SMILES string of the molecule is Cc1ccc(C)c(N2C(=O)NC(=O)/C(=C\c3cccc(Cl)c3)C2=O)c1. The Morgan fingerprint density at radius 2 is 1.80 bits per heavy atom. The average molecular weight is 355 g/mol. The summed E-state index contributed by atoms with van der Waals surface area (Å²) in [5.74, 6) is -1.39. The van der Waals surface area contributed by atoms with Gasteiger partial charge in [-0.2, -0.15) is 0 Å². The number of hydrogen-bond acceptors (Lipinski definition) is 3. The largest absolute Gasteiger partial charge is 0.335 e. The maximum absolute atomic E-state index is 12.8. The van der Waals surface area contributed by atoms with E-state index in [9.17, 15) is 14.4 Å². The van der Waals surface area contributed by atoms with Crippen LogP contribution in [0.1, 0.15) is 16.7 Å². The molecule has 1 heterocycles. The van der Waals surface area contributed by atoms with Gasteiger partial charge in [0.15, 0.2) is 0 Å². The van der Waals surface area contributed by atoms with E-state index in [4.69, 9.17) is 11.6 Å². The highest BCUT2D eigenvalue weighted by atomic mass is 35.5. The molecule has 25 heavy (non-hydrogen) atoms. The molecule has 3 rings (SSSR count). The van der Waals surface area contributed by atoms with Crippen LogP contribution in [0.25, 0.3) is 6.08 Å². The van der Waals surface area contributed by atoms with Gasteiger partial charge in [-0.3, -0.25) is 14.9 Å². The summed E-state index contributed by atoms with van der Waals surface area (Å²) in [7, 11) is 0. The molecule has 0 unspecified atom stereocenters. The van der Waals surface area contributed by atoms with Gasteiger partial charge >= 0.3 is 6.03 Å². The number of rotatable bonds is 2. The Balaban J connectivity index is 2.07. The Bertz CT molecular complexity index is 934. The monoisotopic (exact) mass is 354 g/mol. The topological polar surface area (TPSA) is 66.5 Å². The number of imide groups is 2. The van der Waals surface area contributed by atoms with Gasteiger partial charge in [0.1, 0.15) is 5.57 Å². The smallest absolute Gasteiger partial charge is 0.273 e. The van der Waals surface area contributed by atoms with Gasteiger partial charge in [-0.15, -0.1) is 0 Å². The number of carbonyl (C=O) groups excluding carboxylic acids is 3. The highest BCUT2D eigenvalue weighted by Crippen LogP contribution is 2.26. The van der Waals surface area contributed by atoms with E-state index in [2.05, 4.69) is 5.32 Å². The van der Waals surface area contributed by atoms with Crippen molar-refractivity contribution >= 4 is 41.2 Å². The molecule has 126 valence electrons. The Hall–Kier alpha value is -2.92. The first kappa shape index (κ1) is 16.9. The predicted octanol–water partition coefficient (Wildman–Crippen LogP) is 3.62. The van der Waals surface area contributed by atoms with Crippen LogP contribution in [0.3, 0.4) is 0 Å². The standard InChI is InChI=1S/C19H15ClN2O3/c1-11-6-7-12(2)16(8-11)22-18(24)15(17(23)21-19(22)25)10-13-4-3-5-14(20)9-13/h3-10H,1-2H3,(H,21,23,25)/b15-10+. The van der Waals surface area contributed by atoms with Gasteiger partial charge in [-0.1, -0.05) is 35.9 Å². The van der Waals surface area contributed by atoms with Crippen LogP contribution in [0.15, 0.2) is 48.0 Å². The van der Waals surface area contributed by atoms with Crippen molar-refractivity contribution < 1.29 is 14.4 Å². The van der Waals surface area contributed by atoms with E-state index < -0.39 is 17.8 Å². The minimum Gasteiger partial charge on any atom is -0.273 e. The van der Waals surface area contributed by atoms with Gasteiger partial charge in [0.2, 0.25) is 0 Å². The van der Waals surface area contributed by atoms with Gasteiger partial charge in [0.05, 0.1) is 5.69 Å². The van der Waals surface area contributed by atoms with Crippen LogP contribution in [0.4, 0.5) is 10.5 Å². The number of nitrogens with zero attached hydrogens (tertiary/aromatic N) is 1. The molecule has 0 spiro atoms. The molecule has 0 radical (unpaired) electrons. The lowest BCUT2D eigenvalue weighted by atomic mass is 10.0. The number of halogens is 1. The van der Waals surface area contributed by atoms with Crippen LogP contribution in [0.5, 0.6) is 0 Å². The molecule has 4 amide bonds. The lowest BCUT2D eigenvalue weighted by Gasteiger charge is -2.27. The number of hydrogen-bond donors (Lipinski definition) is 1. The third-order valence-corrected chi connectivity index (χ3v) is 4.10. The second kappa shape index (κ2) is 6.53. The molecular formula is C19H15ClN2O3. The maximum atomic E-state index is 12.8. The molecule has 1 aliphatic heterocycles. The van der Waals surface area contributed by atoms with Crippen LogP contribution in [-0.2, 0) is 9.59 Å². The van der Waals surface area contributed by atoms with E-state index in [1.807, 2.05) is 19.1 Å². The van der Waals surface area contributed by atoms with Crippen molar-refractivity contribution in [1.29, 1.82) is 0 Å². The summed E-state index contributed by atoms with van der Waals surface area (Å²) in [6, 6.07) is 11.4. The lowest BCUT2D eigenvalue weighted by Crippen LogP contribution is -2.54. The third-order valence-electron chi connectivity index (χ3n) is 3.87. The van der Waals surface area contributed by atoms with E-state index in [1.165, 1.54) is 6.08 Å². The lowest BCUT2D eigenvalue weighted by molar-refractivity contribution is -0.122. The molecule has 1 fully saturated rings. The number of barbiturate groups is 1. The number of anilines is 1. The number of benzene rings is 2. The van der Waals surface area contributed by atoms with Crippen molar-refractivity contribution in [3.8, 4) is 0 Å². The van der Waals surface area contributed by atoms with Crippen molar-refractivity contribution in [1.82, 2.24) is 5.32 Å². The molecule has 1 N–H and O–H groups in total. The summed E-state index contributed by atoms with van der Waals surface area (Å²) < 4.78 is 0. The highest BCUT2D eigenvalue weighted by molar-refractivity contribution is 6.39. The second-order valence-electron chi connectivity index (χ2n) is 5.80. The van der Waals surface area contributed by atoms with E-state index >= 15 is 0 Å². The quantitative estimate of drug-likeness (QED) is 0.661. The highest BCUT2D eigenvalue weighted by Gasteiger charge is 2.37. The van der Waals surface area contributed by atoms with Crippen molar-refractivity contribution in [3.63, 3.8) is 0 Å². The fraction of sp³-hybridized carbons (Fsp3) is 0.105. The van der Waals surface area contributed by atoms with Gasteiger partial charge in [-0.05, 0) is 54.8 Å². The van der Waals surface area contributed by atoms with Crippen molar-refractivity contribution in [2.24, 2.45) is 0 Å². The second-order valence-corrected chi connectivity index (χ2v) is 6.24. The Morgan fingerprint density at radius 3 is 2.52 bits per heavy atom. The molecule has 5 nitrogen and oxygen atoms in total. The zero-order valence-electron chi connectivity index (χ0n) is 13.7. The van der Waals surface area contributed by atoms with E-state index in [-0.39, 0.29) is 5.57 Å². The van der Waals surface area contributed by atoms with Crippen LogP contribution in [-0.4, -0.2) is 17.8 Å². The first-order valence-electron chi connectivity index (χ1n) is 7.61. The van der Waals surface area contributed by atoms with E-state index in [1.54, 1.807) is 37.3 Å². The van der Waals surface area contributed by atoms with Gasteiger partial charge < -0.3 is 0 Å². The molecule has 0 saturated carbocycles. The number of amides is 4. The van der Waals surface area contributed by atoms with Crippen LogP contribution >= 0.6 is 11.6 Å². The number of nitrogens with one attached hydrogen (secondary N) is 1. The molecule has 0 bridgehead atoms. The van der Waals surface area contributed by atoms with Gasteiger partial charge in [0.25, 0.3) is 11.8 Å². The molecule has 0 aromatic heterocycles. The number of urea groups is 1. The van der Waals surface area contributed by atoms with Crippen molar-refractivity contribution in [3.05, 3.63) is 69.8 Å². The minimum atomic E-state index is -0.757. The Kier molecular flexibility index (Phi) is 4.42. The molecule has 0 aliphatic carbocycles. The summed E-state index contributed by atoms with van der Waals surface area (Å²) in [4.78, 5) is 38.2. The summed E-state index contributed by atoms with van der Waals surface area (Å²) in [5.41, 5.74) is 2.58. The predicted molar refractivity (Wildman–Crippen MR) is 96.4 cm³/mol. The van der Waals surface area contributed by atoms with Crippen LogP contribution in [0, 0.1) is 13.8 Å². The molecular weight excluding hydrogens is 340 g/mol. The fourth-order valence-electron chi connectivity index (χ4n) is 2.60. The van der Waals surface area contributed by atoms with Gasteiger partial charge in [0, 0.05) is 5.02 Å². The van der Waals surface area contributed by atoms with Crippen molar-refractivity contribution in [2.45, 2.75) is 13.8 Å². The van der Waals surface area contributed by atoms with E-state index in [0.29, 0.717) is 16.3 Å². The zero-order chi connectivity index (χ0) is 18.1. The molecule has 1 aliphatic rings. The summed E-state index contributed by atoms with van der Waals surface area (Å²) in [6.45, 7) is 3.66. The maximum Gasteiger partial charge on any atom is 0.335 e. The normalized spacial score (nSPS) is 16.4. The molecule has 0 atom stereocenters.